The zero-order valence-electron chi connectivity index (χ0n) is 17.4. The lowest BCUT2D eigenvalue weighted by Gasteiger charge is -2.26. The van der Waals surface area contributed by atoms with Crippen LogP contribution in [0.5, 0.6) is 5.75 Å². The molecule has 0 spiro atoms. The van der Waals surface area contributed by atoms with E-state index in [-0.39, 0.29) is 33.5 Å². The average Bonchev–Trinajstić information content (AvgIpc) is 2.76. The van der Waals surface area contributed by atoms with Crippen LogP contribution in [0.25, 0.3) is 0 Å². The van der Waals surface area contributed by atoms with E-state index in [1.54, 1.807) is 19.1 Å². The summed E-state index contributed by atoms with van der Waals surface area (Å²) < 4.78 is 60.4. The molecule has 0 unspecified atom stereocenters. The first-order valence-corrected chi connectivity index (χ1v) is 12.5. The Labute approximate surface area is 187 Å². The van der Waals surface area contributed by atoms with Gasteiger partial charge in [0, 0.05) is 13.0 Å². The molecule has 3 aromatic rings. The van der Waals surface area contributed by atoms with Crippen LogP contribution in [-0.4, -0.2) is 29.3 Å². The quantitative estimate of drug-likeness (QED) is 0.534. The third kappa shape index (κ3) is 4.76. The van der Waals surface area contributed by atoms with Crippen molar-refractivity contribution in [1.29, 1.82) is 0 Å². The summed E-state index contributed by atoms with van der Waals surface area (Å²) in [5.41, 5.74) is -0.265. The summed E-state index contributed by atoms with van der Waals surface area (Å²) in [5, 5.41) is 2.51. The van der Waals surface area contributed by atoms with Gasteiger partial charge in [-0.1, -0.05) is 36.4 Å². The summed E-state index contributed by atoms with van der Waals surface area (Å²) >= 11 is 0. The second kappa shape index (κ2) is 9.41. The van der Waals surface area contributed by atoms with Gasteiger partial charge in [0.2, 0.25) is 5.91 Å². The molecule has 10 heteroatoms. The topological polar surface area (TPSA) is 110 Å². The Hall–Kier alpha value is -3.37. The Morgan fingerprint density at radius 1 is 0.844 bits per heavy atom. The van der Waals surface area contributed by atoms with Gasteiger partial charge in [-0.05, 0) is 43.3 Å². The number of carbonyl (C=O) groups excluding carboxylic acids is 1. The highest BCUT2D eigenvalue weighted by Gasteiger charge is 2.38. The summed E-state index contributed by atoms with van der Waals surface area (Å²) in [4.78, 5) is 11.3. The number of ether oxygens (including phenoxy) is 1. The molecular weight excluding hydrogens is 452 g/mol. The van der Waals surface area contributed by atoms with E-state index in [0.29, 0.717) is 3.71 Å². The Bertz CT molecular complexity index is 1240. The van der Waals surface area contributed by atoms with Gasteiger partial charge in [0.1, 0.15) is 5.75 Å². The van der Waals surface area contributed by atoms with Crippen molar-refractivity contribution in [1.82, 2.24) is 0 Å². The number of nitrogens with zero attached hydrogens (tertiary/aromatic N) is 1. The molecular formula is C22H22N2O6S2. The maximum absolute atomic E-state index is 13.7. The lowest BCUT2D eigenvalue weighted by atomic mass is 10.2. The van der Waals surface area contributed by atoms with Crippen LogP contribution in [0.4, 0.5) is 11.4 Å². The third-order valence-corrected chi connectivity index (χ3v) is 8.49. The Balaban J connectivity index is 2.36. The van der Waals surface area contributed by atoms with Gasteiger partial charge in [0.25, 0.3) is 20.0 Å². The summed E-state index contributed by atoms with van der Waals surface area (Å²) in [7, 11) is -9.22. The van der Waals surface area contributed by atoms with E-state index in [0.717, 1.165) is 0 Å². The second-order valence-electron chi connectivity index (χ2n) is 6.63. The molecule has 0 aromatic heterocycles. The van der Waals surface area contributed by atoms with Crippen molar-refractivity contribution in [3.8, 4) is 5.75 Å². The molecule has 0 aliphatic carbocycles. The van der Waals surface area contributed by atoms with Gasteiger partial charge < -0.3 is 10.1 Å². The third-order valence-electron chi connectivity index (χ3n) is 4.31. The van der Waals surface area contributed by atoms with Crippen LogP contribution in [-0.2, 0) is 24.8 Å². The van der Waals surface area contributed by atoms with Crippen LogP contribution in [0.3, 0.4) is 0 Å². The van der Waals surface area contributed by atoms with Crippen LogP contribution in [0.2, 0.25) is 0 Å². The zero-order valence-corrected chi connectivity index (χ0v) is 19.1. The van der Waals surface area contributed by atoms with Gasteiger partial charge in [-0.15, -0.1) is 0 Å². The minimum atomic E-state index is -4.61. The average molecular weight is 475 g/mol. The number of rotatable bonds is 8. The van der Waals surface area contributed by atoms with Crippen molar-refractivity contribution in [2.75, 3.05) is 15.6 Å². The molecule has 0 heterocycles. The van der Waals surface area contributed by atoms with Gasteiger partial charge in [0.05, 0.1) is 27.8 Å². The normalized spacial score (nSPS) is 11.6. The molecule has 0 aliphatic rings. The first kappa shape index (κ1) is 23.3. The van der Waals surface area contributed by atoms with E-state index < -0.39 is 26.0 Å². The van der Waals surface area contributed by atoms with E-state index in [1.807, 2.05) is 0 Å². The van der Waals surface area contributed by atoms with Crippen LogP contribution < -0.4 is 13.8 Å². The monoisotopic (exact) mass is 474 g/mol. The molecule has 0 radical (unpaired) electrons. The molecule has 1 N–H and O–H groups in total. The van der Waals surface area contributed by atoms with E-state index in [2.05, 4.69) is 5.32 Å². The molecule has 3 aromatic carbocycles. The van der Waals surface area contributed by atoms with Crippen molar-refractivity contribution in [2.24, 2.45) is 0 Å². The number of sulfonamides is 2. The van der Waals surface area contributed by atoms with E-state index >= 15 is 0 Å². The molecule has 0 bridgehead atoms. The molecule has 32 heavy (non-hydrogen) atoms. The SMILES string of the molecule is CCOc1ccc(NC(C)=O)c(N(S(=O)(=O)c2ccccc2)S(=O)(=O)c2ccccc2)c1. The van der Waals surface area contributed by atoms with Crippen LogP contribution >= 0.6 is 0 Å². The molecule has 0 aliphatic heterocycles. The number of nitrogens with one attached hydrogen (secondary N) is 1. The molecule has 1 amide bonds. The second-order valence-corrected chi connectivity index (χ2v) is 10.4. The molecule has 0 saturated carbocycles. The summed E-state index contributed by atoms with van der Waals surface area (Å²) in [5.74, 6) is -0.252. The van der Waals surface area contributed by atoms with Gasteiger partial charge >= 0.3 is 0 Å². The van der Waals surface area contributed by atoms with Gasteiger partial charge in [-0.25, -0.2) is 16.8 Å². The minimum Gasteiger partial charge on any atom is -0.494 e. The van der Waals surface area contributed by atoms with E-state index in [9.17, 15) is 21.6 Å². The number of carbonyl (C=O) groups is 1. The molecule has 0 atom stereocenters. The zero-order chi connectivity index (χ0) is 23.4. The smallest absolute Gasteiger partial charge is 0.277 e. The summed E-state index contributed by atoms with van der Waals surface area (Å²) in [6.07, 6.45) is 0. The molecule has 8 nitrogen and oxygen atoms in total. The lowest BCUT2D eigenvalue weighted by molar-refractivity contribution is -0.114. The largest absolute Gasteiger partial charge is 0.494 e. The lowest BCUT2D eigenvalue weighted by Crippen LogP contribution is -2.37. The highest BCUT2D eigenvalue weighted by Crippen LogP contribution is 2.38. The highest BCUT2D eigenvalue weighted by molar-refractivity contribution is 8.10. The first-order valence-electron chi connectivity index (χ1n) is 9.63. The number of hydrogen-bond donors (Lipinski definition) is 1. The fourth-order valence-corrected chi connectivity index (χ4v) is 6.73. The Kier molecular flexibility index (Phi) is 6.85. The van der Waals surface area contributed by atoms with Crippen LogP contribution in [0, 0.1) is 0 Å². The fourth-order valence-electron chi connectivity index (χ4n) is 2.98. The molecule has 3 rings (SSSR count). The van der Waals surface area contributed by atoms with Crippen molar-refractivity contribution in [2.45, 2.75) is 23.6 Å². The number of hydrogen-bond acceptors (Lipinski definition) is 6. The Morgan fingerprint density at radius 2 is 1.34 bits per heavy atom. The fraction of sp³-hybridized carbons (Fsp3) is 0.136. The number of amides is 1. The van der Waals surface area contributed by atoms with Gasteiger partial charge in [-0.3, -0.25) is 4.79 Å². The maximum atomic E-state index is 13.7. The Morgan fingerprint density at radius 3 is 1.78 bits per heavy atom. The van der Waals surface area contributed by atoms with E-state index in [4.69, 9.17) is 4.74 Å². The van der Waals surface area contributed by atoms with Crippen molar-refractivity contribution in [3.05, 3.63) is 78.9 Å². The summed E-state index contributed by atoms with van der Waals surface area (Å²) in [6.45, 7) is 3.25. The number of anilines is 2. The van der Waals surface area contributed by atoms with Crippen LogP contribution in [0.15, 0.2) is 88.7 Å². The first-order chi connectivity index (χ1) is 15.2. The molecule has 0 fully saturated rings. The van der Waals surface area contributed by atoms with E-state index in [1.165, 1.54) is 73.7 Å². The number of benzene rings is 3. The van der Waals surface area contributed by atoms with Crippen molar-refractivity contribution in [3.63, 3.8) is 0 Å². The molecule has 0 saturated heterocycles. The summed E-state index contributed by atoms with van der Waals surface area (Å²) in [6, 6.07) is 18.6. The minimum absolute atomic E-state index is 0.0000321. The highest BCUT2D eigenvalue weighted by atomic mass is 32.3. The van der Waals surface area contributed by atoms with Gasteiger partial charge in [0.15, 0.2) is 0 Å². The van der Waals surface area contributed by atoms with Crippen LogP contribution in [0.1, 0.15) is 13.8 Å². The van der Waals surface area contributed by atoms with Crippen molar-refractivity contribution < 1.29 is 26.4 Å². The predicted octanol–water partition coefficient (Wildman–Crippen LogP) is 3.63. The molecule has 168 valence electrons. The van der Waals surface area contributed by atoms with Gasteiger partial charge in [-0.2, -0.15) is 3.71 Å². The van der Waals surface area contributed by atoms with Crippen molar-refractivity contribution >= 4 is 37.3 Å². The standard InChI is InChI=1S/C22H22N2O6S2/c1-3-30-18-14-15-21(23-17(2)25)22(16-18)24(31(26,27)19-10-6-4-7-11-19)32(28,29)20-12-8-5-9-13-20/h4-16H,3H2,1-2H3,(H,23,25). The predicted molar refractivity (Wildman–Crippen MR) is 122 cm³/mol. The maximum Gasteiger partial charge on any atom is 0.277 e.